The Labute approximate surface area is 83.9 Å². The number of hydrogen-bond donors (Lipinski definition) is 3. The molecule has 0 aliphatic rings. The van der Waals surface area contributed by atoms with Crippen LogP contribution in [0.15, 0.2) is 5.16 Å². The fourth-order valence-electron chi connectivity index (χ4n) is 0.683. The molecule has 1 rings (SSSR count). The Kier molecular flexibility index (Phi) is 3.46. The fraction of sp³-hybridized carbons (Fsp3) is 0.333. The molecule has 0 aromatic carbocycles. The van der Waals surface area contributed by atoms with E-state index in [1.165, 1.54) is 11.8 Å². The predicted molar refractivity (Wildman–Crippen MR) is 51.6 cm³/mol. The normalized spacial score (nSPS) is 10.0. The minimum atomic E-state index is -0.868. The molecule has 1 aromatic rings. The lowest BCUT2D eigenvalue weighted by Crippen LogP contribution is -2.04. The number of carboxylic acid groups (broad SMARTS) is 1. The molecule has 0 amide bonds. The van der Waals surface area contributed by atoms with Gasteiger partial charge in [-0.15, -0.1) is 0 Å². The van der Waals surface area contributed by atoms with E-state index < -0.39 is 5.97 Å². The summed E-state index contributed by atoms with van der Waals surface area (Å²) in [5, 5.41) is 8.73. The van der Waals surface area contributed by atoms with E-state index in [-0.39, 0.29) is 18.3 Å². The summed E-state index contributed by atoms with van der Waals surface area (Å²) in [6.45, 7) is 0. The molecule has 1 aromatic heterocycles. The minimum Gasteiger partial charge on any atom is -0.481 e. The summed E-state index contributed by atoms with van der Waals surface area (Å²) >= 11 is 1.17. The van der Waals surface area contributed by atoms with E-state index in [0.29, 0.717) is 10.9 Å². The molecule has 1 heterocycles. The Morgan fingerprint density at radius 2 is 1.86 bits per heavy atom. The SMILES string of the molecule is Nc1nc(N)nc(SCCC(=O)O)n1. The van der Waals surface area contributed by atoms with Gasteiger partial charge >= 0.3 is 5.97 Å². The smallest absolute Gasteiger partial charge is 0.304 e. The van der Waals surface area contributed by atoms with E-state index in [2.05, 4.69) is 15.0 Å². The summed E-state index contributed by atoms with van der Waals surface area (Å²) < 4.78 is 0. The molecule has 0 bridgehead atoms. The second-order valence-electron chi connectivity index (χ2n) is 2.33. The highest BCUT2D eigenvalue weighted by atomic mass is 32.2. The third-order valence-corrected chi connectivity index (χ3v) is 2.05. The van der Waals surface area contributed by atoms with Gasteiger partial charge in [-0.05, 0) is 0 Å². The summed E-state index contributed by atoms with van der Waals surface area (Å²) in [4.78, 5) is 21.3. The van der Waals surface area contributed by atoms with Crippen molar-refractivity contribution in [3.05, 3.63) is 0 Å². The number of hydrogen-bond acceptors (Lipinski definition) is 7. The van der Waals surface area contributed by atoms with Gasteiger partial charge in [-0.3, -0.25) is 4.79 Å². The number of anilines is 2. The Hall–Kier alpha value is -1.57. The van der Waals surface area contributed by atoms with Crippen LogP contribution in [-0.2, 0) is 4.79 Å². The van der Waals surface area contributed by atoms with Crippen LogP contribution in [0, 0.1) is 0 Å². The second kappa shape index (κ2) is 4.61. The van der Waals surface area contributed by atoms with E-state index in [0.717, 1.165) is 0 Å². The molecule has 14 heavy (non-hydrogen) atoms. The maximum Gasteiger partial charge on any atom is 0.304 e. The van der Waals surface area contributed by atoms with Gasteiger partial charge in [0.1, 0.15) is 0 Å². The van der Waals surface area contributed by atoms with Gasteiger partial charge < -0.3 is 16.6 Å². The maximum absolute atomic E-state index is 10.2. The van der Waals surface area contributed by atoms with E-state index in [9.17, 15) is 4.79 Å². The molecule has 0 saturated heterocycles. The Balaban J connectivity index is 2.54. The van der Waals surface area contributed by atoms with Crippen molar-refractivity contribution in [1.82, 2.24) is 15.0 Å². The minimum absolute atomic E-state index is 0.0373. The molecule has 0 spiro atoms. The van der Waals surface area contributed by atoms with Crippen molar-refractivity contribution >= 4 is 29.6 Å². The zero-order valence-corrected chi connectivity index (χ0v) is 7.99. The van der Waals surface area contributed by atoms with Crippen LogP contribution in [0.2, 0.25) is 0 Å². The van der Waals surface area contributed by atoms with Gasteiger partial charge in [-0.1, -0.05) is 11.8 Å². The number of nitrogens with zero attached hydrogens (tertiary/aromatic N) is 3. The van der Waals surface area contributed by atoms with E-state index >= 15 is 0 Å². The standard InChI is InChI=1S/C6H9N5O2S/c7-4-9-5(8)11-6(10-4)14-2-1-3(12)13/h1-2H2,(H,12,13)(H4,7,8,9,10,11). The van der Waals surface area contributed by atoms with Gasteiger partial charge in [0.25, 0.3) is 0 Å². The molecule has 0 unspecified atom stereocenters. The monoisotopic (exact) mass is 215 g/mol. The van der Waals surface area contributed by atoms with Gasteiger partial charge in [0, 0.05) is 5.75 Å². The Bertz CT molecular complexity index is 325. The van der Waals surface area contributed by atoms with Crippen molar-refractivity contribution in [3.8, 4) is 0 Å². The molecule has 0 saturated carbocycles. The molecular formula is C6H9N5O2S. The van der Waals surface area contributed by atoms with Crippen molar-refractivity contribution in [2.24, 2.45) is 0 Å². The fourth-order valence-corrected chi connectivity index (χ4v) is 1.46. The zero-order chi connectivity index (χ0) is 10.6. The third kappa shape index (κ3) is 3.44. The summed E-state index contributed by atoms with van der Waals surface area (Å²) in [7, 11) is 0. The first-order valence-electron chi connectivity index (χ1n) is 3.69. The van der Waals surface area contributed by atoms with Crippen molar-refractivity contribution in [2.75, 3.05) is 17.2 Å². The van der Waals surface area contributed by atoms with Gasteiger partial charge in [-0.25, -0.2) is 0 Å². The number of nitrogens with two attached hydrogens (primary N) is 2. The zero-order valence-electron chi connectivity index (χ0n) is 7.17. The molecule has 0 radical (unpaired) electrons. The molecule has 8 heteroatoms. The van der Waals surface area contributed by atoms with Crippen molar-refractivity contribution in [3.63, 3.8) is 0 Å². The van der Waals surface area contributed by atoms with Crippen LogP contribution in [0.3, 0.4) is 0 Å². The van der Waals surface area contributed by atoms with Gasteiger partial charge in [0.05, 0.1) is 6.42 Å². The molecule has 76 valence electrons. The molecular weight excluding hydrogens is 206 g/mol. The summed E-state index contributed by atoms with van der Waals surface area (Å²) in [6.07, 6.45) is 0.0379. The number of carboxylic acids is 1. The van der Waals surface area contributed by atoms with Gasteiger partial charge in [0.2, 0.25) is 11.9 Å². The highest BCUT2D eigenvalue weighted by Gasteiger charge is 2.03. The quantitative estimate of drug-likeness (QED) is 0.579. The number of thioether (sulfide) groups is 1. The van der Waals surface area contributed by atoms with Crippen LogP contribution in [0.4, 0.5) is 11.9 Å². The lowest BCUT2D eigenvalue weighted by atomic mass is 10.5. The third-order valence-electron chi connectivity index (χ3n) is 1.20. The number of nitrogen functional groups attached to an aromatic ring is 2. The molecule has 0 atom stereocenters. The average molecular weight is 215 g/mol. The predicted octanol–water partition coefficient (Wildman–Crippen LogP) is -0.397. The van der Waals surface area contributed by atoms with E-state index in [1.54, 1.807) is 0 Å². The first-order chi connectivity index (χ1) is 6.58. The number of rotatable bonds is 4. The van der Waals surface area contributed by atoms with E-state index in [4.69, 9.17) is 16.6 Å². The first kappa shape index (κ1) is 10.5. The van der Waals surface area contributed by atoms with Gasteiger partial charge in [0.15, 0.2) is 5.16 Å². The van der Waals surface area contributed by atoms with Crippen LogP contribution in [0.1, 0.15) is 6.42 Å². The lowest BCUT2D eigenvalue weighted by molar-refractivity contribution is -0.136. The highest BCUT2D eigenvalue weighted by molar-refractivity contribution is 7.99. The molecule has 7 nitrogen and oxygen atoms in total. The average Bonchev–Trinajstić information content (AvgIpc) is 2.01. The van der Waals surface area contributed by atoms with Crippen molar-refractivity contribution in [1.29, 1.82) is 0 Å². The number of carbonyl (C=O) groups is 1. The van der Waals surface area contributed by atoms with Crippen molar-refractivity contribution < 1.29 is 9.90 Å². The van der Waals surface area contributed by atoms with Crippen molar-refractivity contribution in [2.45, 2.75) is 11.6 Å². The first-order valence-corrected chi connectivity index (χ1v) is 4.68. The van der Waals surface area contributed by atoms with Gasteiger partial charge in [-0.2, -0.15) is 15.0 Å². The lowest BCUT2D eigenvalue weighted by Gasteiger charge is -1.99. The molecule has 0 aliphatic heterocycles. The molecule has 0 fully saturated rings. The molecule has 5 N–H and O–H groups in total. The maximum atomic E-state index is 10.2. The Morgan fingerprint density at radius 1 is 1.29 bits per heavy atom. The number of aromatic nitrogens is 3. The number of aliphatic carboxylic acids is 1. The topological polar surface area (TPSA) is 128 Å². The highest BCUT2D eigenvalue weighted by Crippen LogP contribution is 2.14. The summed E-state index contributed by atoms with van der Waals surface area (Å²) in [6, 6.07) is 0. The van der Waals surface area contributed by atoms with Crippen LogP contribution in [0.25, 0.3) is 0 Å². The largest absolute Gasteiger partial charge is 0.481 e. The van der Waals surface area contributed by atoms with Crippen LogP contribution in [-0.4, -0.2) is 31.8 Å². The summed E-state index contributed by atoms with van der Waals surface area (Å²) in [5.74, 6) is -0.420. The van der Waals surface area contributed by atoms with E-state index in [1.807, 2.05) is 0 Å². The van der Waals surface area contributed by atoms with Crippen LogP contribution in [0.5, 0.6) is 0 Å². The second-order valence-corrected chi connectivity index (χ2v) is 3.39. The molecule has 0 aliphatic carbocycles. The Morgan fingerprint density at radius 3 is 2.36 bits per heavy atom. The van der Waals surface area contributed by atoms with Crippen LogP contribution < -0.4 is 11.5 Å². The van der Waals surface area contributed by atoms with Crippen LogP contribution >= 0.6 is 11.8 Å². The summed E-state index contributed by atoms with van der Waals surface area (Å²) in [5.41, 5.74) is 10.6.